The molecule has 198 valence electrons. The fourth-order valence-corrected chi connectivity index (χ4v) is 4.18. The number of carbonyl (C=O) groups is 1. The van der Waals surface area contributed by atoms with Crippen molar-refractivity contribution in [1.29, 1.82) is 0 Å². The third kappa shape index (κ3) is 5.71. The molecule has 2 heterocycles. The standard InChI is InChI=1S/C26H29F3N4O4/c1-14(17-7-6-8-19(24(17)27)26(3,28)29)30-25-18-9-22(21(35-5)10-20(18)31-15(2)32-25)37-12-16-11-33(4)23(34)13-36-16/h6-10,14,16H,11-13H2,1-5H3,(H,30,31,32)/t14-,16-/m1/s1. The first-order valence-electron chi connectivity index (χ1n) is 11.8. The summed E-state index contributed by atoms with van der Waals surface area (Å²) in [6, 6.07) is 6.66. The number of methoxy groups -OCH3 is 1. The number of aryl methyl sites for hydroxylation is 1. The molecule has 3 aromatic rings. The predicted octanol–water partition coefficient (Wildman–Crippen LogP) is 4.61. The summed E-state index contributed by atoms with van der Waals surface area (Å²) < 4.78 is 59.8. The molecule has 0 saturated carbocycles. The minimum atomic E-state index is -3.31. The van der Waals surface area contributed by atoms with Gasteiger partial charge in [-0.15, -0.1) is 0 Å². The second-order valence-corrected chi connectivity index (χ2v) is 9.12. The largest absolute Gasteiger partial charge is 0.493 e. The van der Waals surface area contributed by atoms with Crippen molar-refractivity contribution >= 4 is 22.6 Å². The van der Waals surface area contributed by atoms with E-state index in [1.807, 2.05) is 0 Å². The third-order valence-electron chi connectivity index (χ3n) is 6.18. The Morgan fingerprint density at radius 1 is 1.27 bits per heavy atom. The number of rotatable bonds is 8. The van der Waals surface area contributed by atoms with E-state index in [4.69, 9.17) is 14.2 Å². The molecule has 2 aromatic carbocycles. The van der Waals surface area contributed by atoms with E-state index < -0.39 is 23.3 Å². The lowest BCUT2D eigenvalue weighted by atomic mass is 10.0. The number of hydrogen-bond acceptors (Lipinski definition) is 7. The maximum Gasteiger partial charge on any atom is 0.273 e. The fourth-order valence-electron chi connectivity index (χ4n) is 4.18. The summed E-state index contributed by atoms with van der Waals surface area (Å²) in [4.78, 5) is 22.2. The van der Waals surface area contributed by atoms with Crippen molar-refractivity contribution in [3.63, 3.8) is 0 Å². The zero-order valence-electron chi connectivity index (χ0n) is 21.3. The lowest BCUT2D eigenvalue weighted by Crippen LogP contribution is -2.46. The molecule has 37 heavy (non-hydrogen) atoms. The zero-order valence-corrected chi connectivity index (χ0v) is 21.3. The highest BCUT2D eigenvalue weighted by Gasteiger charge is 2.30. The quantitative estimate of drug-likeness (QED) is 0.466. The Balaban J connectivity index is 1.64. The van der Waals surface area contributed by atoms with Crippen molar-refractivity contribution in [2.45, 2.75) is 38.8 Å². The molecule has 1 aromatic heterocycles. The van der Waals surface area contributed by atoms with E-state index in [1.165, 1.54) is 19.2 Å². The molecular weight excluding hydrogens is 489 g/mol. The molecule has 2 atom stereocenters. The van der Waals surface area contributed by atoms with Crippen LogP contribution in [0.15, 0.2) is 30.3 Å². The maximum absolute atomic E-state index is 15.0. The van der Waals surface area contributed by atoms with Gasteiger partial charge in [-0.1, -0.05) is 18.2 Å². The molecule has 1 saturated heterocycles. The first-order valence-corrected chi connectivity index (χ1v) is 11.8. The molecule has 1 amide bonds. The molecular formula is C26H29F3N4O4. The summed E-state index contributed by atoms with van der Waals surface area (Å²) in [5.74, 6) is -2.70. The fraction of sp³-hybridized carbons (Fsp3) is 0.423. The highest BCUT2D eigenvalue weighted by atomic mass is 19.3. The van der Waals surface area contributed by atoms with Crippen LogP contribution in [0.1, 0.15) is 36.8 Å². The topological polar surface area (TPSA) is 85.8 Å². The normalized spacial score (nSPS) is 17.1. The van der Waals surface area contributed by atoms with Crippen molar-refractivity contribution < 1.29 is 32.2 Å². The van der Waals surface area contributed by atoms with E-state index in [2.05, 4.69) is 15.3 Å². The van der Waals surface area contributed by atoms with Crippen LogP contribution in [0.2, 0.25) is 0 Å². The van der Waals surface area contributed by atoms with Crippen LogP contribution < -0.4 is 14.8 Å². The van der Waals surface area contributed by atoms with Gasteiger partial charge in [0.1, 0.15) is 36.8 Å². The number of carbonyl (C=O) groups excluding carboxylic acids is 1. The van der Waals surface area contributed by atoms with Crippen molar-refractivity contribution in [3.8, 4) is 11.5 Å². The SMILES string of the molecule is COc1cc2nc(C)nc(N[C@H](C)c3cccc(C(C)(F)F)c3F)c2cc1OC[C@H]1CN(C)C(=O)CO1. The lowest BCUT2D eigenvalue weighted by molar-refractivity contribution is -0.148. The predicted molar refractivity (Wildman–Crippen MR) is 132 cm³/mol. The highest BCUT2D eigenvalue weighted by Crippen LogP contribution is 2.37. The van der Waals surface area contributed by atoms with Crippen LogP contribution in [0.3, 0.4) is 0 Å². The minimum Gasteiger partial charge on any atom is -0.493 e. The van der Waals surface area contributed by atoms with Gasteiger partial charge in [-0.3, -0.25) is 4.79 Å². The molecule has 1 aliphatic heterocycles. The molecule has 8 nitrogen and oxygen atoms in total. The summed E-state index contributed by atoms with van der Waals surface area (Å²) in [6.45, 7) is 4.59. The minimum absolute atomic E-state index is 0.0137. The number of nitrogens with one attached hydrogen (secondary N) is 1. The number of fused-ring (bicyclic) bond motifs is 1. The third-order valence-corrected chi connectivity index (χ3v) is 6.18. The lowest BCUT2D eigenvalue weighted by Gasteiger charge is -2.29. The monoisotopic (exact) mass is 518 g/mol. The Labute approximate surface area is 212 Å². The van der Waals surface area contributed by atoms with Gasteiger partial charge in [0.2, 0.25) is 5.91 Å². The Bertz CT molecular complexity index is 1320. The van der Waals surface area contributed by atoms with Gasteiger partial charge in [-0.05, 0) is 19.9 Å². The number of nitrogens with zero attached hydrogens (tertiary/aromatic N) is 3. The van der Waals surface area contributed by atoms with E-state index in [-0.39, 0.29) is 30.8 Å². The molecule has 0 aliphatic carbocycles. The summed E-state index contributed by atoms with van der Waals surface area (Å²) >= 11 is 0. The van der Waals surface area contributed by atoms with Gasteiger partial charge in [-0.25, -0.2) is 23.1 Å². The van der Waals surface area contributed by atoms with E-state index in [1.54, 1.807) is 37.9 Å². The van der Waals surface area contributed by atoms with Gasteiger partial charge in [0.15, 0.2) is 11.5 Å². The smallest absolute Gasteiger partial charge is 0.273 e. The van der Waals surface area contributed by atoms with Crippen LogP contribution in [0.25, 0.3) is 10.9 Å². The van der Waals surface area contributed by atoms with Crippen molar-refractivity contribution in [2.24, 2.45) is 0 Å². The van der Waals surface area contributed by atoms with Crippen LogP contribution in [0.4, 0.5) is 19.0 Å². The van der Waals surface area contributed by atoms with Crippen LogP contribution in [-0.2, 0) is 15.5 Å². The number of anilines is 1. The number of hydrogen-bond donors (Lipinski definition) is 1. The summed E-state index contributed by atoms with van der Waals surface area (Å²) in [5, 5.41) is 3.71. The molecule has 0 spiro atoms. The first-order chi connectivity index (χ1) is 17.5. The molecule has 11 heteroatoms. The van der Waals surface area contributed by atoms with E-state index in [9.17, 15) is 18.0 Å². The highest BCUT2D eigenvalue weighted by molar-refractivity contribution is 5.92. The number of morpholine rings is 1. The number of benzene rings is 2. The molecule has 1 aliphatic rings. The Hall–Kier alpha value is -3.60. The van der Waals surface area contributed by atoms with Gasteiger partial charge < -0.3 is 24.4 Å². The van der Waals surface area contributed by atoms with Crippen LogP contribution in [-0.4, -0.2) is 60.8 Å². The number of amides is 1. The average molecular weight is 519 g/mol. The number of alkyl halides is 2. The number of ether oxygens (including phenoxy) is 3. The molecule has 1 N–H and O–H groups in total. The average Bonchev–Trinajstić information content (AvgIpc) is 2.83. The van der Waals surface area contributed by atoms with Gasteiger partial charge in [0.05, 0.1) is 24.2 Å². The van der Waals surface area contributed by atoms with E-state index >= 15 is 0 Å². The van der Waals surface area contributed by atoms with Gasteiger partial charge >= 0.3 is 0 Å². The Morgan fingerprint density at radius 3 is 2.70 bits per heavy atom. The van der Waals surface area contributed by atoms with Crippen LogP contribution >= 0.6 is 0 Å². The molecule has 0 radical (unpaired) electrons. The van der Waals surface area contributed by atoms with Crippen molar-refractivity contribution in [3.05, 3.63) is 53.1 Å². The summed E-state index contributed by atoms with van der Waals surface area (Å²) in [5.41, 5.74) is -0.0263. The summed E-state index contributed by atoms with van der Waals surface area (Å²) in [6.07, 6.45) is -0.318. The second kappa shape index (κ2) is 10.4. The van der Waals surface area contributed by atoms with Crippen LogP contribution in [0, 0.1) is 12.7 Å². The molecule has 0 bridgehead atoms. The number of likely N-dealkylation sites (N-methyl/N-ethyl adjacent to an activating group) is 1. The maximum atomic E-state index is 15.0. The number of halogens is 3. The first kappa shape index (κ1) is 26.5. The second-order valence-electron chi connectivity index (χ2n) is 9.12. The van der Waals surface area contributed by atoms with Crippen LogP contribution in [0.5, 0.6) is 11.5 Å². The van der Waals surface area contributed by atoms with Crippen molar-refractivity contribution in [2.75, 3.05) is 39.2 Å². The molecule has 0 unspecified atom stereocenters. The zero-order chi connectivity index (χ0) is 26.9. The van der Waals surface area contributed by atoms with E-state index in [0.717, 1.165) is 6.07 Å². The number of aromatic nitrogens is 2. The van der Waals surface area contributed by atoms with E-state index in [0.29, 0.717) is 47.5 Å². The Kier molecular flexibility index (Phi) is 7.44. The molecule has 4 rings (SSSR count). The van der Waals surface area contributed by atoms with Crippen molar-refractivity contribution in [1.82, 2.24) is 14.9 Å². The van der Waals surface area contributed by atoms with Gasteiger partial charge in [-0.2, -0.15) is 0 Å². The Morgan fingerprint density at radius 2 is 2.03 bits per heavy atom. The summed E-state index contributed by atoms with van der Waals surface area (Å²) in [7, 11) is 3.21. The van der Waals surface area contributed by atoms with Gasteiger partial charge in [0, 0.05) is 37.5 Å². The van der Waals surface area contributed by atoms with Gasteiger partial charge in [0.25, 0.3) is 5.92 Å². The molecule has 1 fully saturated rings.